The number of hydrogen-bond donors (Lipinski definition) is 2. The lowest BCUT2D eigenvalue weighted by Gasteiger charge is -2.17. The van der Waals surface area contributed by atoms with Crippen molar-refractivity contribution in [1.82, 2.24) is 0 Å². The zero-order chi connectivity index (χ0) is 19.6. The van der Waals surface area contributed by atoms with E-state index in [0.717, 1.165) is 12.5 Å². The number of ether oxygens (including phenoxy) is 1. The van der Waals surface area contributed by atoms with Crippen LogP contribution in [-0.4, -0.2) is 11.7 Å². The Labute approximate surface area is 153 Å². The molecule has 0 bridgehead atoms. The first-order valence-electron chi connectivity index (χ1n) is 8.33. The zero-order valence-corrected chi connectivity index (χ0v) is 14.5. The Kier molecular flexibility index (Phi) is 5.07. The second-order valence-electron chi connectivity index (χ2n) is 5.88. The molecule has 2 heterocycles. The third kappa shape index (κ3) is 3.60. The third-order valence-corrected chi connectivity index (χ3v) is 3.99. The number of halogens is 3. The lowest BCUT2D eigenvalue weighted by atomic mass is 10.0. The van der Waals surface area contributed by atoms with Crippen LogP contribution >= 0.6 is 0 Å². The fourth-order valence-electron chi connectivity index (χ4n) is 2.71. The van der Waals surface area contributed by atoms with E-state index in [2.05, 4.69) is 0 Å². The molecule has 0 aliphatic carbocycles. The van der Waals surface area contributed by atoms with Crippen molar-refractivity contribution in [3.63, 3.8) is 0 Å². The second kappa shape index (κ2) is 7.30. The lowest BCUT2D eigenvalue weighted by Crippen LogP contribution is -2.10. The number of benzene rings is 1. The molecular formula is C19H18F3NO4. The maximum absolute atomic E-state index is 13.5. The molecule has 0 spiro atoms. The first kappa shape index (κ1) is 18.8. The number of hydrogen-bond acceptors (Lipinski definition) is 5. The summed E-state index contributed by atoms with van der Waals surface area (Å²) < 4.78 is 56.4. The molecule has 3 N–H and O–H groups in total. The van der Waals surface area contributed by atoms with Crippen molar-refractivity contribution in [2.45, 2.75) is 25.9 Å². The molecule has 0 atom stereocenters. The van der Waals surface area contributed by atoms with Gasteiger partial charge < -0.3 is 24.4 Å². The van der Waals surface area contributed by atoms with Crippen LogP contribution in [0.3, 0.4) is 0 Å². The molecule has 0 radical (unpaired) electrons. The fourth-order valence-corrected chi connectivity index (χ4v) is 2.71. The second-order valence-corrected chi connectivity index (χ2v) is 5.88. The van der Waals surface area contributed by atoms with E-state index in [0.29, 0.717) is 6.42 Å². The maximum atomic E-state index is 13.5. The molecular weight excluding hydrogens is 363 g/mol. The Morgan fingerprint density at radius 1 is 1.19 bits per heavy atom. The highest BCUT2D eigenvalue weighted by molar-refractivity contribution is 5.88. The molecule has 8 heteroatoms. The molecule has 0 saturated carbocycles. The number of nitrogen functional groups attached to an aromatic ring is 1. The first-order chi connectivity index (χ1) is 12.8. The van der Waals surface area contributed by atoms with E-state index in [1.54, 1.807) is 6.07 Å². The Hall–Kier alpha value is -3.03. The maximum Gasteiger partial charge on any atom is 0.419 e. The number of furan rings is 2. The van der Waals surface area contributed by atoms with E-state index in [-0.39, 0.29) is 35.1 Å². The third-order valence-electron chi connectivity index (χ3n) is 3.99. The van der Waals surface area contributed by atoms with Crippen molar-refractivity contribution in [2.24, 2.45) is 0 Å². The molecule has 27 heavy (non-hydrogen) atoms. The first-order valence-corrected chi connectivity index (χ1v) is 8.33. The van der Waals surface area contributed by atoms with Gasteiger partial charge in [0.1, 0.15) is 5.75 Å². The van der Waals surface area contributed by atoms with Crippen LogP contribution in [-0.2, 0) is 6.18 Å². The van der Waals surface area contributed by atoms with E-state index in [9.17, 15) is 18.3 Å². The van der Waals surface area contributed by atoms with Gasteiger partial charge in [0.25, 0.3) is 0 Å². The van der Waals surface area contributed by atoms with Gasteiger partial charge in [-0.1, -0.05) is 25.5 Å². The van der Waals surface area contributed by atoms with Gasteiger partial charge in [-0.05, 0) is 24.6 Å². The molecule has 1 aromatic carbocycles. The van der Waals surface area contributed by atoms with Gasteiger partial charge in [-0.2, -0.15) is 13.2 Å². The zero-order valence-electron chi connectivity index (χ0n) is 14.5. The highest BCUT2D eigenvalue weighted by Crippen LogP contribution is 2.50. The van der Waals surface area contributed by atoms with E-state index < -0.39 is 23.2 Å². The highest BCUT2D eigenvalue weighted by atomic mass is 19.4. The van der Waals surface area contributed by atoms with Gasteiger partial charge in [-0.15, -0.1) is 0 Å². The van der Waals surface area contributed by atoms with Crippen LogP contribution in [0.15, 0.2) is 45.4 Å². The SMILES string of the molecule is CCCCOc1c(-c2c(N)oc(-c3ccco3)c2O)cccc1C(F)(F)F. The van der Waals surface area contributed by atoms with Crippen LogP contribution in [0.5, 0.6) is 11.5 Å². The van der Waals surface area contributed by atoms with Crippen molar-refractivity contribution in [2.75, 3.05) is 12.3 Å². The predicted octanol–water partition coefficient (Wildman–Crippen LogP) is 5.69. The van der Waals surface area contributed by atoms with Crippen LogP contribution in [0.2, 0.25) is 0 Å². The van der Waals surface area contributed by atoms with Gasteiger partial charge in [-0.3, -0.25) is 0 Å². The normalized spacial score (nSPS) is 11.7. The Morgan fingerprint density at radius 2 is 1.96 bits per heavy atom. The molecule has 0 aliphatic rings. The number of alkyl halides is 3. The van der Waals surface area contributed by atoms with Crippen LogP contribution in [0, 0.1) is 0 Å². The smallest absolute Gasteiger partial charge is 0.419 e. The van der Waals surface area contributed by atoms with Crippen molar-refractivity contribution >= 4 is 5.88 Å². The number of unbranched alkanes of at least 4 members (excludes halogenated alkanes) is 1. The quantitative estimate of drug-likeness (QED) is 0.536. The number of para-hydroxylation sites is 1. The van der Waals surface area contributed by atoms with E-state index in [4.69, 9.17) is 19.3 Å². The average molecular weight is 381 g/mol. The van der Waals surface area contributed by atoms with Crippen molar-refractivity contribution < 1.29 is 31.8 Å². The van der Waals surface area contributed by atoms with Crippen LogP contribution in [0.25, 0.3) is 22.6 Å². The Balaban J connectivity index is 2.17. The molecule has 3 aromatic rings. The molecule has 0 saturated heterocycles. The summed E-state index contributed by atoms with van der Waals surface area (Å²) in [5.74, 6) is -0.914. The summed E-state index contributed by atoms with van der Waals surface area (Å²) in [6.45, 7) is 2.00. The van der Waals surface area contributed by atoms with Gasteiger partial charge in [-0.25, -0.2) is 0 Å². The summed E-state index contributed by atoms with van der Waals surface area (Å²) in [4.78, 5) is 0. The molecule has 0 amide bonds. The molecule has 2 aromatic heterocycles. The summed E-state index contributed by atoms with van der Waals surface area (Å²) in [5, 5.41) is 10.6. The highest BCUT2D eigenvalue weighted by Gasteiger charge is 2.37. The molecule has 144 valence electrons. The van der Waals surface area contributed by atoms with Crippen LogP contribution < -0.4 is 10.5 Å². The van der Waals surface area contributed by atoms with Gasteiger partial charge in [0.2, 0.25) is 11.6 Å². The minimum Gasteiger partial charge on any atom is -0.504 e. The topological polar surface area (TPSA) is 81.8 Å². The minimum absolute atomic E-state index is 0.00233. The monoisotopic (exact) mass is 381 g/mol. The number of aromatic hydroxyl groups is 1. The van der Waals surface area contributed by atoms with E-state index in [1.165, 1.54) is 24.5 Å². The van der Waals surface area contributed by atoms with Crippen molar-refractivity contribution in [3.8, 4) is 34.1 Å². The predicted molar refractivity (Wildman–Crippen MR) is 93.3 cm³/mol. The average Bonchev–Trinajstić information content (AvgIpc) is 3.23. The van der Waals surface area contributed by atoms with Crippen LogP contribution in [0.1, 0.15) is 25.3 Å². The summed E-state index contributed by atoms with van der Waals surface area (Å²) in [7, 11) is 0. The Morgan fingerprint density at radius 3 is 2.59 bits per heavy atom. The lowest BCUT2D eigenvalue weighted by molar-refractivity contribution is -0.138. The summed E-state index contributed by atoms with van der Waals surface area (Å²) in [6, 6.07) is 6.65. The number of rotatable bonds is 6. The van der Waals surface area contributed by atoms with Gasteiger partial charge in [0.15, 0.2) is 11.5 Å². The standard InChI is InChI=1S/C19H18F3NO4/c1-2-3-9-26-16-11(6-4-7-12(16)19(20,21)22)14-15(24)17(27-18(14)23)13-8-5-10-25-13/h4-8,10,24H,2-3,9,23H2,1H3. The molecule has 0 aliphatic heterocycles. The van der Waals surface area contributed by atoms with E-state index in [1.807, 2.05) is 6.92 Å². The molecule has 5 nitrogen and oxygen atoms in total. The molecule has 3 rings (SSSR count). The summed E-state index contributed by atoms with van der Waals surface area (Å²) in [6.07, 6.45) is -1.92. The van der Waals surface area contributed by atoms with Crippen LogP contribution in [0.4, 0.5) is 19.1 Å². The van der Waals surface area contributed by atoms with E-state index >= 15 is 0 Å². The largest absolute Gasteiger partial charge is 0.504 e. The van der Waals surface area contributed by atoms with Gasteiger partial charge in [0, 0.05) is 5.56 Å². The van der Waals surface area contributed by atoms with Gasteiger partial charge in [0.05, 0.1) is 24.0 Å². The Bertz CT molecular complexity index is 914. The number of nitrogens with two attached hydrogens (primary N) is 1. The summed E-state index contributed by atoms with van der Waals surface area (Å²) >= 11 is 0. The molecule has 0 unspecified atom stereocenters. The minimum atomic E-state index is -4.63. The van der Waals surface area contributed by atoms with Crippen molar-refractivity contribution in [3.05, 3.63) is 42.2 Å². The summed E-state index contributed by atoms with van der Waals surface area (Å²) in [5.41, 5.74) is 4.84. The van der Waals surface area contributed by atoms with Crippen molar-refractivity contribution in [1.29, 1.82) is 0 Å². The van der Waals surface area contributed by atoms with Gasteiger partial charge >= 0.3 is 6.18 Å². The fraction of sp³-hybridized carbons (Fsp3) is 0.263. The number of anilines is 1. The molecule has 0 fully saturated rings.